The monoisotopic (exact) mass is 236 g/mol. The zero-order valence-electron chi connectivity index (χ0n) is 12.3. The van der Waals surface area contributed by atoms with Crippen LogP contribution in [0.1, 0.15) is 54.4 Å². The molecule has 0 N–H and O–H groups in total. The molecule has 1 aliphatic carbocycles. The van der Waals surface area contributed by atoms with E-state index in [9.17, 15) is 4.79 Å². The van der Waals surface area contributed by atoms with E-state index in [0.717, 1.165) is 12.8 Å². The summed E-state index contributed by atoms with van der Waals surface area (Å²) in [6, 6.07) is 0. The molecule has 17 heavy (non-hydrogen) atoms. The van der Waals surface area contributed by atoms with Gasteiger partial charge in [0, 0.05) is 12.3 Å². The molecule has 0 heterocycles. The van der Waals surface area contributed by atoms with E-state index in [0.29, 0.717) is 23.5 Å². The smallest absolute Gasteiger partial charge is 0.137 e. The van der Waals surface area contributed by atoms with Crippen molar-refractivity contribution >= 4 is 5.78 Å². The Morgan fingerprint density at radius 2 is 1.94 bits per heavy atom. The van der Waals surface area contributed by atoms with Crippen LogP contribution in [-0.2, 0) is 4.79 Å². The van der Waals surface area contributed by atoms with Gasteiger partial charge in [-0.15, -0.1) is 0 Å². The first-order chi connectivity index (χ1) is 7.75. The molecule has 0 bridgehead atoms. The zero-order chi connectivity index (χ0) is 13.2. The van der Waals surface area contributed by atoms with E-state index in [1.807, 2.05) is 0 Å². The second kappa shape index (κ2) is 5.37. The highest BCUT2D eigenvalue weighted by Gasteiger charge is 2.39. The average molecular weight is 236 g/mol. The summed E-state index contributed by atoms with van der Waals surface area (Å²) in [5.41, 5.74) is 0.0332. The van der Waals surface area contributed by atoms with Gasteiger partial charge < -0.3 is 0 Å². The fourth-order valence-corrected chi connectivity index (χ4v) is 2.97. The van der Waals surface area contributed by atoms with E-state index < -0.39 is 0 Å². The summed E-state index contributed by atoms with van der Waals surface area (Å²) in [7, 11) is 0. The maximum atomic E-state index is 12.5. The maximum Gasteiger partial charge on any atom is 0.137 e. The first-order valence-corrected chi connectivity index (χ1v) is 6.96. The third kappa shape index (κ3) is 3.43. The fourth-order valence-electron chi connectivity index (χ4n) is 2.97. The molecule has 0 saturated carbocycles. The number of allylic oxidation sites excluding steroid dienone is 2. The summed E-state index contributed by atoms with van der Waals surface area (Å²) in [4.78, 5) is 12.5. The van der Waals surface area contributed by atoms with Crippen molar-refractivity contribution in [3.05, 3.63) is 12.2 Å². The van der Waals surface area contributed by atoms with E-state index in [4.69, 9.17) is 0 Å². The van der Waals surface area contributed by atoms with Gasteiger partial charge in [0.05, 0.1) is 0 Å². The van der Waals surface area contributed by atoms with Gasteiger partial charge in [-0.3, -0.25) is 4.79 Å². The molecule has 0 amide bonds. The van der Waals surface area contributed by atoms with Crippen LogP contribution < -0.4 is 0 Å². The quantitative estimate of drug-likeness (QED) is 0.658. The maximum absolute atomic E-state index is 12.5. The van der Waals surface area contributed by atoms with E-state index in [1.54, 1.807) is 0 Å². The van der Waals surface area contributed by atoms with Crippen molar-refractivity contribution in [2.24, 2.45) is 29.1 Å². The highest BCUT2D eigenvalue weighted by Crippen LogP contribution is 2.41. The number of Topliss-reactive ketones (excluding diaryl/α,β-unsaturated/α-hetero) is 1. The summed E-state index contributed by atoms with van der Waals surface area (Å²) < 4.78 is 0. The van der Waals surface area contributed by atoms with Crippen molar-refractivity contribution in [2.45, 2.75) is 54.4 Å². The normalized spacial score (nSPS) is 29.4. The van der Waals surface area contributed by atoms with E-state index in [1.165, 1.54) is 0 Å². The van der Waals surface area contributed by atoms with Gasteiger partial charge in [0.15, 0.2) is 0 Å². The fraction of sp³-hybridized carbons (Fsp3) is 0.812. The average Bonchev–Trinajstić information content (AvgIpc) is 2.15. The molecule has 1 heteroatoms. The minimum Gasteiger partial charge on any atom is -0.299 e. The Morgan fingerprint density at radius 1 is 1.35 bits per heavy atom. The van der Waals surface area contributed by atoms with E-state index in [-0.39, 0.29) is 11.3 Å². The molecule has 0 aromatic rings. The van der Waals surface area contributed by atoms with Crippen molar-refractivity contribution in [1.82, 2.24) is 0 Å². The predicted molar refractivity (Wildman–Crippen MR) is 73.8 cm³/mol. The Kier molecular flexibility index (Phi) is 4.57. The van der Waals surface area contributed by atoms with Gasteiger partial charge in [0.1, 0.15) is 5.78 Å². The Morgan fingerprint density at radius 3 is 2.41 bits per heavy atom. The van der Waals surface area contributed by atoms with Crippen LogP contribution in [0.25, 0.3) is 0 Å². The minimum atomic E-state index is 0.0332. The second-order valence-corrected chi connectivity index (χ2v) is 6.81. The lowest BCUT2D eigenvalue weighted by Gasteiger charge is -2.38. The molecule has 1 aliphatic rings. The Balaban J connectivity index is 2.77. The molecule has 1 rings (SSSR count). The lowest BCUT2D eigenvalue weighted by Crippen LogP contribution is -2.37. The summed E-state index contributed by atoms with van der Waals surface area (Å²) in [6.45, 7) is 13.2. The molecule has 3 atom stereocenters. The standard InChI is InChI=1S/C16H28O/c1-11(2)13(4)10-14(17)15-12(3)8-7-9-16(15,5)6/h7,9,11-13,15H,8,10H2,1-6H3. The highest BCUT2D eigenvalue weighted by atomic mass is 16.1. The van der Waals surface area contributed by atoms with Crippen LogP contribution in [-0.4, -0.2) is 5.78 Å². The SMILES string of the molecule is CC(C)C(C)CC(=O)C1C(C)CC=CC1(C)C. The van der Waals surface area contributed by atoms with E-state index in [2.05, 4.69) is 53.7 Å². The summed E-state index contributed by atoms with van der Waals surface area (Å²) >= 11 is 0. The molecule has 98 valence electrons. The predicted octanol–water partition coefficient (Wildman–Crippen LogP) is 4.48. The number of ketones is 1. The molecule has 3 unspecified atom stereocenters. The number of carbonyl (C=O) groups is 1. The molecular formula is C16H28O. The Bertz CT molecular complexity index is 299. The lowest BCUT2D eigenvalue weighted by atomic mass is 9.65. The van der Waals surface area contributed by atoms with Crippen molar-refractivity contribution in [2.75, 3.05) is 0 Å². The van der Waals surface area contributed by atoms with Gasteiger partial charge in [0.2, 0.25) is 0 Å². The summed E-state index contributed by atoms with van der Waals surface area (Å²) in [6.07, 6.45) is 6.26. The number of hydrogen-bond donors (Lipinski definition) is 0. The highest BCUT2D eigenvalue weighted by molar-refractivity contribution is 5.82. The Labute approximate surface area is 107 Å². The van der Waals surface area contributed by atoms with Crippen molar-refractivity contribution < 1.29 is 4.79 Å². The van der Waals surface area contributed by atoms with Gasteiger partial charge >= 0.3 is 0 Å². The van der Waals surface area contributed by atoms with Gasteiger partial charge in [-0.2, -0.15) is 0 Å². The zero-order valence-corrected chi connectivity index (χ0v) is 12.3. The Hall–Kier alpha value is -0.590. The van der Waals surface area contributed by atoms with Crippen molar-refractivity contribution in [3.8, 4) is 0 Å². The number of carbonyl (C=O) groups excluding carboxylic acids is 1. The minimum absolute atomic E-state index is 0.0332. The molecule has 0 aromatic heterocycles. The lowest BCUT2D eigenvalue weighted by molar-refractivity contribution is -0.128. The molecule has 0 fully saturated rings. The number of rotatable bonds is 4. The molecule has 0 aliphatic heterocycles. The largest absolute Gasteiger partial charge is 0.299 e. The molecular weight excluding hydrogens is 208 g/mol. The summed E-state index contributed by atoms with van der Waals surface area (Å²) in [5.74, 6) is 2.25. The van der Waals surface area contributed by atoms with Crippen LogP contribution >= 0.6 is 0 Å². The van der Waals surface area contributed by atoms with Gasteiger partial charge in [0.25, 0.3) is 0 Å². The van der Waals surface area contributed by atoms with E-state index >= 15 is 0 Å². The van der Waals surface area contributed by atoms with Crippen LogP contribution in [0.2, 0.25) is 0 Å². The number of hydrogen-bond acceptors (Lipinski definition) is 1. The van der Waals surface area contributed by atoms with Crippen LogP contribution in [0, 0.1) is 29.1 Å². The van der Waals surface area contributed by atoms with Crippen LogP contribution in [0.3, 0.4) is 0 Å². The molecule has 0 spiro atoms. The first kappa shape index (κ1) is 14.5. The first-order valence-electron chi connectivity index (χ1n) is 6.96. The molecule has 0 radical (unpaired) electrons. The third-order valence-corrected chi connectivity index (χ3v) is 4.43. The third-order valence-electron chi connectivity index (χ3n) is 4.43. The topological polar surface area (TPSA) is 17.1 Å². The van der Waals surface area contributed by atoms with Crippen LogP contribution in [0.15, 0.2) is 12.2 Å². The van der Waals surface area contributed by atoms with Crippen molar-refractivity contribution in [1.29, 1.82) is 0 Å². The molecule has 0 aromatic carbocycles. The summed E-state index contributed by atoms with van der Waals surface area (Å²) in [5, 5.41) is 0. The molecule has 0 saturated heterocycles. The van der Waals surface area contributed by atoms with Crippen LogP contribution in [0.4, 0.5) is 0 Å². The van der Waals surface area contributed by atoms with Crippen LogP contribution in [0.5, 0.6) is 0 Å². The van der Waals surface area contributed by atoms with Crippen molar-refractivity contribution in [3.63, 3.8) is 0 Å². The molecule has 1 nitrogen and oxygen atoms in total. The second-order valence-electron chi connectivity index (χ2n) is 6.81. The van der Waals surface area contributed by atoms with Gasteiger partial charge in [-0.25, -0.2) is 0 Å². The van der Waals surface area contributed by atoms with Gasteiger partial charge in [-0.05, 0) is 29.6 Å². The van der Waals surface area contributed by atoms with Gasteiger partial charge in [-0.1, -0.05) is 53.7 Å².